The quantitative estimate of drug-likeness (QED) is 0.346. The van der Waals surface area contributed by atoms with Gasteiger partial charge in [0.25, 0.3) is 0 Å². The minimum atomic E-state index is -0.566. The van der Waals surface area contributed by atoms with E-state index in [0.717, 1.165) is 11.1 Å². The van der Waals surface area contributed by atoms with Gasteiger partial charge in [-0.15, -0.1) is 5.10 Å². The molecule has 0 saturated carbocycles. The van der Waals surface area contributed by atoms with Gasteiger partial charge in [-0.3, -0.25) is 9.59 Å². The Balaban J connectivity index is 1.34. The molecule has 1 aliphatic rings. The summed E-state index contributed by atoms with van der Waals surface area (Å²) < 4.78 is 5.91. The minimum Gasteiger partial charge on any atom is -0.488 e. The van der Waals surface area contributed by atoms with Crippen molar-refractivity contribution in [3.63, 3.8) is 0 Å². The number of benzene rings is 3. The third-order valence-corrected chi connectivity index (χ3v) is 6.25. The van der Waals surface area contributed by atoms with Crippen LogP contribution in [0.15, 0.2) is 89.1 Å². The molecule has 3 aromatic carbocycles. The van der Waals surface area contributed by atoms with Crippen molar-refractivity contribution >= 4 is 52.2 Å². The van der Waals surface area contributed by atoms with E-state index in [4.69, 9.17) is 16.3 Å². The SMILES string of the molecule is O=C(C[C@H]1S/C(=N\N=C/c2ccccc2OCc2ccccc2Cl)NC1=O)Nc1ccccc1. The third kappa shape index (κ3) is 6.46. The molecule has 9 heteroatoms. The van der Waals surface area contributed by atoms with E-state index in [1.807, 2.05) is 66.7 Å². The number of hydrogen-bond donors (Lipinski definition) is 2. The summed E-state index contributed by atoms with van der Waals surface area (Å²) in [6.45, 7) is 0.317. The average Bonchev–Trinajstić information content (AvgIpc) is 3.18. The van der Waals surface area contributed by atoms with Crippen LogP contribution in [0, 0.1) is 0 Å². The molecule has 1 fully saturated rings. The van der Waals surface area contributed by atoms with Gasteiger partial charge < -0.3 is 15.4 Å². The number of thioether (sulfide) groups is 1. The van der Waals surface area contributed by atoms with Gasteiger partial charge in [0.1, 0.15) is 17.6 Å². The van der Waals surface area contributed by atoms with E-state index in [-0.39, 0.29) is 18.2 Å². The first kappa shape index (κ1) is 23.5. The summed E-state index contributed by atoms with van der Waals surface area (Å²) in [5.41, 5.74) is 2.29. The molecule has 1 heterocycles. The number of hydrogen-bond acceptors (Lipinski definition) is 6. The summed E-state index contributed by atoms with van der Waals surface area (Å²) in [6, 6.07) is 24.0. The third-order valence-electron chi connectivity index (χ3n) is 4.81. The molecule has 0 aromatic heterocycles. The van der Waals surface area contributed by atoms with Crippen molar-refractivity contribution in [2.45, 2.75) is 18.3 Å². The fourth-order valence-corrected chi connectivity index (χ4v) is 4.24. The molecule has 1 saturated heterocycles. The average molecular weight is 493 g/mol. The Labute approximate surface area is 206 Å². The summed E-state index contributed by atoms with van der Waals surface area (Å²) in [5.74, 6) is 0.115. The number of para-hydroxylation sites is 2. The van der Waals surface area contributed by atoms with Crippen molar-refractivity contribution in [1.82, 2.24) is 5.32 Å². The van der Waals surface area contributed by atoms with E-state index in [0.29, 0.717) is 28.2 Å². The zero-order valence-corrected chi connectivity index (χ0v) is 19.6. The first-order valence-corrected chi connectivity index (χ1v) is 11.7. The molecule has 172 valence electrons. The Morgan fingerprint density at radius 3 is 2.62 bits per heavy atom. The summed E-state index contributed by atoms with van der Waals surface area (Å²) in [6.07, 6.45) is 1.59. The highest BCUT2D eigenvalue weighted by molar-refractivity contribution is 8.15. The van der Waals surface area contributed by atoms with Gasteiger partial charge in [0.15, 0.2) is 5.17 Å². The van der Waals surface area contributed by atoms with Gasteiger partial charge in [-0.05, 0) is 30.3 Å². The lowest BCUT2D eigenvalue weighted by atomic mass is 10.2. The zero-order valence-electron chi connectivity index (χ0n) is 18.0. The Kier molecular flexibility index (Phi) is 7.95. The van der Waals surface area contributed by atoms with Crippen molar-refractivity contribution in [3.8, 4) is 5.75 Å². The second-order valence-electron chi connectivity index (χ2n) is 7.28. The van der Waals surface area contributed by atoms with Crippen LogP contribution >= 0.6 is 23.4 Å². The van der Waals surface area contributed by atoms with E-state index in [1.54, 1.807) is 18.3 Å². The van der Waals surface area contributed by atoms with Crippen molar-refractivity contribution in [1.29, 1.82) is 0 Å². The molecule has 4 rings (SSSR count). The van der Waals surface area contributed by atoms with Gasteiger partial charge in [-0.2, -0.15) is 5.10 Å². The predicted octanol–water partition coefficient (Wildman–Crippen LogP) is 4.87. The molecule has 2 amide bonds. The number of anilines is 1. The summed E-state index contributed by atoms with van der Waals surface area (Å²) in [5, 5.41) is 14.0. The number of nitrogens with one attached hydrogen (secondary N) is 2. The Morgan fingerprint density at radius 2 is 1.79 bits per heavy atom. The highest BCUT2D eigenvalue weighted by atomic mass is 35.5. The molecule has 34 heavy (non-hydrogen) atoms. The van der Waals surface area contributed by atoms with Crippen molar-refractivity contribution < 1.29 is 14.3 Å². The van der Waals surface area contributed by atoms with E-state index in [9.17, 15) is 9.59 Å². The second kappa shape index (κ2) is 11.5. The molecule has 0 aliphatic carbocycles. The van der Waals surface area contributed by atoms with Crippen molar-refractivity contribution in [2.75, 3.05) is 5.32 Å². The number of amides is 2. The molecule has 7 nitrogen and oxygen atoms in total. The van der Waals surface area contributed by atoms with Crippen LogP contribution in [-0.2, 0) is 16.2 Å². The first-order chi connectivity index (χ1) is 16.6. The van der Waals surface area contributed by atoms with Crippen LogP contribution in [0.3, 0.4) is 0 Å². The largest absolute Gasteiger partial charge is 0.488 e. The maximum atomic E-state index is 12.2. The number of amidine groups is 1. The fourth-order valence-electron chi connectivity index (χ4n) is 3.12. The number of carbonyl (C=O) groups excluding carboxylic acids is 2. The number of rotatable bonds is 8. The van der Waals surface area contributed by atoms with Gasteiger partial charge in [0, 0.05) is 28.3 Å². The standard InChI is InChI=1S/C25H21ClN4O3S/c26-20-12-6-4-9-18(20)16-33-21-13-7-5-8-17(21)15-27-30-25-29-24(32)22(34-25)14-23(31)28-19-10-2-1-3-11-19/h1-13,15,22H,14,16H2,(H,28,31)(H,29,30,32)/b27-15-/t22-/m1/s1. The van der Waals surface area contributed by atoms with Crippen LogP contribution in [0.2, 0.25) is 5.02 Å². The summed E-state index contributed by atoms with van der Waals surface area (Å²) >= 11 is 7.37. The number of halogens is 1. The maximum Gasteiger partial charge on any atom is 0.240 e. The number of nitrogens with zero attached hydrogens (tertiary/aromatic N) is 2. The lowest BCUT2D eigenvalue weighted by molar-refractivity contribution is -0.122. The van der Waals surface area contributed by atoms with Crippen molar-refractivity contribution in [2.24, 2.45) is 10.2 Å². The van der Waals surface area contributed by atoms with E-state index >= 15 is 0 Å². The fraction of sp³-hybridized carbons (Fsp3) is 0.120. The first-order valence-electron chi connectivity index (χ1n) is 10.5. The number of carbonyl (C=O) groups is 2. The van der Waals surface area contributed by atoms with E-state index < -0.39 is 5.25 Å². The van der Waals surface area contributed by atoms with Crippen LogP contribution in [0.4, 0.5) is 5.69 Å². The van der Waals surface area contributed by atoms with Gasteiger partial charge in [-0.25, -0.2) is 0 Å². The van der Waals surface area contributed by atoms with E-state index in [1.165, 1.54) is 11.8 Å². The second-order valence-corrected chi connectivity index (χ2v) is 8.88. The van der Waals surface area contributed by atoms with Crippen LogP contribution in [0.5, 0.6) is 5.75 Å². The Morgan fingerprint density at radius 1 is 1.06 bits per heavy atom. The zero-order chi connectivity index (χ0) is 23.8. The Bertz CT molecular complexity index is 1230. The molecular formula is C25H21ClN4O3S. The molecule has 0 unspecified atom stereocenters. The lowest BCUT2D eigenvalue weighted by Gasteiger charge is -2.09. The molecule has 0 bridgehead atoms. The molecule has 1 aliphatic heterocycles. The lowest BCUT2D eigenvalue weighted by Crippen LogP contribution is -2.28. The molecule has 0 spiro atoms. The molecule has 1 atom stereocenters. The highest BCUT2D eigenvalue weighted by Gasteiger charge is 2.32. The van der Waals surface area contributed by atoms with Crippen molar-refractivity contribution in [3.05, 3.63) is 95.0 Å². The predicted molar refractivity (Wildman–Crippen MR) is 136 cm³/mol. The Hall–Kier alpha value is -3.62. The minimum absolute atomic E-state index is 0.0346. The maximum absolute atomic E-state index is 12.2. The van der Waals surface area contributed by atoms with Crippen LogP contribution in [-0.4, -0.2) is 28.4 Å². The molecule has 0 radical (unpaired) electrons. The van der Waals surface area contributed by atoms with Gasteiger partial charge in [-0.1, -0.05) is 71.9 Å². The van der Waals surface area contributed by atoms with Crippen LogP contribution in [0.1, 0.15) is 17.5 Å². The molecule has 2 N–H and O–H groups in total. The van der Waals surface area contributed by atoms with Crippen LogP contribution < -0.4 is 15.4 Å². The van der Waals surface area contributed by atoms with E-state index in [2.05, 4.69) is 20.8 Å². The monoisotopic (exact) mass is 492 g/mol. The number of ether oxygens (including phenoxy) is 1. The normalized spacial score (nSPS) is 16.6. The summed E-state index contributed by atoms with van der Waals surface area (Å²) in [4.78, 5) is 24.5. The van der Waals surface area contributed by atoms with Gasteiger partial charge in [0.2, 0.25) is 11.8 Å². The van der Waals surface area contributed by atoms with Gasteiger partial charge in [0.05, 0.1) is 6.21 Å². The van der Waals surface area contributed by atoms with Crippen LogP contribution in [0.25, 0.3) is 0 Å². The molecule has 3 aromatic rings. The highest BCUT2D eigenvalue weighted by Crippen LogP contribution is 2.24. The topological polar surface area (TPSA) is 92.2 Å². The smallest absolute Gasteiger partial charge is 0.240 e. The molecular weight excluding hydrogens is 472 g/mol. The summed E-state index contributed by atoms with van der Waals surface area (Å²) in [7, 11) is 0. The van der Waals surface area contributed by atoms with Gasteiger partial charge >= 0.3 is 0 Å².